The normalized spacial score (nSPS) is 13.3. The molecule has 1 aliphatic rings. The maximum absolute atomic E-state index is 11.3. The van der Waals surface area contributed by atoms with Gasteiger partial charge in [0.1, 0.15) is 5.75 Å². The molecule has 1 heterocycles. The van der Waals surface area contributed by atoms with Crippen LogP contribution in [0.3, 0.4) is 0 Å². The van der Waals surface area contributed by atoms with Crippen LogP contribution in [0.5, 0.6) is 5.75 Å². The minimum absolute atomic E-state index is 0.0140. The molecule has 0 bridgehead atoms. The largest absolute Gasteiger partial charge is 0.511 e. The van der Waals surface area contributed by atoms with Crippen LogP contribution >= 0.6 is 0 Å². The molecular formula is C21H19NO6. The molecule has 0 saturated carbocycles. The van der Waals surface area contributed by atoms with Gasteiger partial charge in [-0.1, -0.05) is 6.92 Å². The Hall–Kier alpha value is -3.74. The predicted molar refractivity (Wildman–Crippen MR) is 103 cm³/mol. The fourth-order valence-corrected chi connectivity index (χ4v) is 2.81. The van der Waals surface area contributed by atoms with Gasteiger partial charge < -0.3 is 25.0 Å². The van der Waals surface area contributed by atoms with Crippen molar-refractivity contribution in [3.63, 3.8) is 0 Å². The number of aliphatic hydroxyl groups is 1. The van der Waals surface area contributed by atoms with E-state index in [9.17, 15) is 14.7 Å². The summed E-state index contributed by atoms with van der Waals surface area (Å²) in [6.45, 7) is 3.46. The van der Waals surface area contributed by atoms with Gasteiger partial charge in [-0.2, -0.15) is 0 Å². The summed E-state index contributed by atoms with van der Waals surface area (Å²) in [6.07, 6.45) is 2.03. The summed E-state index contributed by atoms with van der Waals surface area (Å²) in [5.41, 5.74) is 2.09. The number of rotatable bonds is 5. The second-order valence-corrected chi connectivity index (χ2v) is 6.14. The average molecular weight is 381 g/mol. The lowest BCUT2D eigenvalue weighted by atomic mass is 10.0. The van der Waals surface area contributed by atoms with Crippen LogP contribution in [-0.4, -0.2) is 22.2 Å². The zero-order chi connectivity index (χ0) is 20.3. The number of benzene rings is 2. The Morgan fingerprint density at radius 3 is 2.50 bits per heavy atom. The Morgan fingerprint density at radius 1 is 1.18 bits per heavy atom. The Kier molecular flexibility index (Phi) is 5.35. The minimum Gasteiger partial charge on any atom is -0.504 e. The molecule has 0 fully saturated rings. The number of nitrogens with one attached hydrogen (secondary N) is 1. The van der Waals surface area contributed by atoms with E-state index >= 15 is 0 Å². The topological polar surface area (TPSA) is 105 Å². The number of hydrogen-bond donors (Lipinski definition) is 3. The standard InChI is InChI=1S/C21H19NO6/c1-3-13-8-17-18(22-10-19(20(17)24)28-21(25)26)9-15(13)11-27-16-6-4-14(5-7-16)12(2)23/h4-11,22,24H,3H2,1-2H3,(H,25,26). The summed E-state index contributed by atoms with van der Waals surface area (Å²) in [4.78, 5) is 22.1. The molecule has 0 radical (unpaired) electrons. The molecule has 28 heavy (non-hydrogen) atoms. The van der Waals surface area contributed by atoms with E-state index in [-0.39, 0.29) is 17.3 Å². The molecule has 3 rings (SSSR count). The molecular weight excluding hydrogens is 362 g/mol. The van der Waals surface area contributed by atoms with E-state index in [0.717, 1.165) is 10.8 Å². The molecule has 144 valence electrons. The van der Waals surface area contributed by atoms with Crippen LogP contribution in [0.2, 0.25) is 0 Å². The quantitative estimate of drug-likeness (QED) is 0.540. The number of anilines is 1. The summed E-state index contributed by atoms with van der Waals surface area (Å²) < 4.78 is 10.3. The van der Waals surface area contributed by atoms with Crippen LogP contribution in [-0.2, 0) is 11.2 Å². The van der Waals surface area contributed by atoms with Gasteiger partial charge in [-0.15, -0.1) is 0 Å². The highest BCUT2D eigenvalue weighted by atomic mass is 16.7. The lowest BCUT2D eigenvalue weighted by Gasteiger charge is -2.15. The van der Waals surface area contributed by atoms with Gasteiger partial charge in [0.15, 0.2) is 17.3 Å². The third kappa shape index (κ3) is 3.98. The van der Waals surface area contributed by atoms with Crippen molar-refractivity contribution in [2.45, 2.75) is 20.3 Å². The fourth-order valence-electron chi connectivity index (χ4n) is 2.81. The number of fused-ring (bicyclic) bond motifs is 1. The number of hydrogen-bond acceptors (Lipinski definition) is 6. The van der Waals surface area contributed by atoms with Crippen LogP contribution in [0.1, 0.15) is 29.8 Å². The highest BCUT2D eigenvalue weighted by Gasteiger charge is 2.17. The number of aryl methyl sites for hydroxylation is 1. The maximum Gasteiger partial charge on any atom is 0.511 e. The summed E-state index contributed by atoms with van der Waals surface area (Å²) >= 11 is 0. The number of ketones is 1. The van der Waals surface area contributed by atoms with Crippen LogP contribution in [0.25, 0.3) is 12.0 Å². The number of carbonyl (C=O) groups excluding carboxylic acids is 1. The highest BCUT2D eigenvalue weighted by Crippen LogP contribution is 2.17. The fraction of sp³-hybridized carbons (Fsp3) is 0.143. The number of ether oxygens (including phenoxy) is 2. The van der Waals surface area contributed by atoms with E-state index in [4.69, 9.17) is 9.84 Å². The third-order valence-corrected chi connectivity index (χ3v) is 4.29. The first kappa shape index (κ1) is 19.0. The van der Waals surface area contributed by atoms with E-state index < -0.39 is 6.16 Å². The maximum atomic E-state index is 11.3. The highest BCUT2D eigenvalue weighted by molar-refractivity contribution is 5.94. The summed E-state index contributed by atoms with van der Waals surface area (Å²) in [5, 5.41) is 23.2. The van der Waals surface area contributed by atoms with Crippen LogP contribution in [0.15, 0.2) is 48.4 Å². The Balaban J connectivity index is 1.96. The van der Waals surface area contributed by atoms with Gasteiger partial charge in [0.2, 0.25) is 0 Å². The van der Waals surface area contributed by atoms with Crippen molar-refractivity contribution >= 4 is 29.6 Å². The predicted octanol–water partition coefficient (Wildman–Crippen LogP) is 2.90. The molecule has 0 amide bonds. The Morgan fingerprint density at radius 2 is 1.89 bits per heavy atom. The molecule has 0 unspecified atom stereocenters. The molecule has 0 spiro atoms. The summed E-state index contributed by atoms with van der Waals surface area (Å²) in [7, 11) is 0. The van der Waals surface area contributed by atoms with Crippen LogP contribution in [0, 0.1) is 0 Å². The first-order valence-corrected chi connectivity index (χ1v) is 8.61. The number of Topliss-reactive ketones (excluding diaryl/α,β-unsaturated/α-hetero) is 1. The van der Waals surface area contributed by atoms with E-state index in [1.165, 1.54) is 13.1 Å². The average Bonchev–Trinajstić information content (AvgIpc) is 2.68. The molecule has 0 aliphatic carbocycles. The molecule has 0 saturated heterocycles. The Bertz CT molecular complexity index is 1080. The SMILES string of the molecule is CCc1cc2c(cc1=COc1ccc(C(C)=O)cc1)NC=C(OC(=O)O)C=2O. The minimum atomic E-state index is -1.51. The van der Waals surface area contributed by atoms with Gasteiger partial charge in [-0.3, -0.25) is 4.79 Å². The van der Waals surface area contributed by atoms with Gasteiger partial charge in [-0.05, 0) is 55.3 Å². The lowest BCUT2D eigenvalue weighted by Crippen LogP contribution is -2.25. The number of carbonyl (C=O) groups is 2. The van der Waals surface area contributed by atoms with E-state index in [2.05, 4.69) is 10.1 Å². The molecule has 2 aromatic carbocycles. The molecule has 2 aromatic rings. The molecule has 0 atom stereocenters. The van der Waals surface area contributed by atoms with Crippen molar-refractivity contribution in [1.29, 1.82) is 0 Å². The van der Waals surface area contributed by atoms with Gasteiger partial charge in [0.25, 0.3) is 0 Å². The van der Waals surface area contributed by atoms with Crippen molar-refractivity contribution in [1.82, 2.24) is 0 Å². The first-order chi connectivity index (χ1) is 13.4. The Labute approximate surface area is 160 Å². The van der Waals surface area contributed by atoms with Crippen LogP contribution < -0.4 is 20.5 Å². The van der Waals surface area contributed by atoms with E-state index in [1.54, 1.807) is 42.7 Å². The van der Waals surface area contributed by atoms with Gasteiger partial charge in [0.05, 0.1) is 11.9 Å². The molecule has 0 aromatic heterocycles. The first-order valence-electron chi connectivity index (χ1n) is 8.61. The summed E-state index contributed by atoms with van der Waals surface area (Å²) in [5.74, 6) is 0.155. The zero-order valence-corrected chi connectivity index (χ0v) is 15.4. The zero-order valence-electron chi connectivity index (χ0n) is 15.4. The third-order valence-electron chi connectivity index (χ3n) is 4.29. The second-order valence-electron chi connectivity index (χ2n) is 6.14. The van der Waals surface area contributed by atoms with E-state index in [0.29, 0.717) is 28.6 Å². The van der Waals surface area contributed by atoms with Crippen molar-refractivity contribution in [2.24, 2.45) is 0 Å². The smallest absolute Gasteiger partial charge is 0.504 e. The van der Waals surface area contributed by atoms with Gasteiger partial charge in [-0.25, -0.2) is 4.79 Å². The van der Waals surface area contributed by atoms with Crippen molar-refractivity contribution < 1.29 is 29.3 Å². The number of aliphatic hydroxyl groups excluding tert-OH is 1. The van der Waals surface area contributed by atoms with Crippen molar-refractivity contribution in [3.05, 3.63) is 69.9 Å². The molecule has 1 aliphatic heterocycles. The second kappa shape index (κ2) is 7.87. The molecule has 7 heteroatoms. The van der Waals surface area contributed by atoms with Gasteiger partial charge in [0, 0.05) is 22.2 Å². The monoisotopic (exact) mass is 381 g/mol. The summed E-state index contributed by atoms with van der Waals surface area (Å²) in [6, 6.07) is 10.4. The van der Waals surface area contributed by atoms with Crippen molar-refractivity contribution in [2.75, 3.05) is 5.32 Å². The van der Waals surface area contributed by atoms with Gasteiger partial charge >= 0.3 is 6.16 Å². The lowest BCUT2D eigenvalue weighted by molar-refractivity contribution is 0.101. The van der Waals surface area contributed by atoms with E-state index in [1.807, 2.05) is 6.92 Å². The molecule has 7 nitrogen and oxygen atoms in total. The number of carboxylic acid groups (broad SMARTS) is 1. The molecule has 3 N–H and O–H groups in total. The van der Waals surface area contributed by atoms with Crippen molar-refractivity contribution in [3.8, 4) is 5.75 Å². The van der Waals surface area contributed by atoms with Crippen LogP contribution in [0.4, 0.5) is 10.5 Å².